The standard InChI is InChI=1S/C15H25N3O.2ClH/c1-12-9-17(6-7-18(12)10-13(2)19)11-14-4-3-5-15(16)8-14;;/h3-5,8,12-13,19H,6-7,9-11,16H2,1-2H3;2*1H. The van der Waals surface area contributed by atoms with Gasteiger partial charge in [-0.3, -0.25) is 9.80 Å². The zero-order valence-corrected chi connectivity index (χ0v) is 14.4. The largest absolute Gasteiger partial charge is 0.399 e. The van der Waals surface area contributed by atoms with Crippen molar-refractivity contribution in [3.8, 4) is 0 Å². The highest BCUT2D eigenvalue weighted by Crippen LogP contribution is 2.15. The van der Waals surface area contributed by atoms with E-state index in [1.165, 1.54) is 5.56 Å². The lowest BCUT2D eigenvalue weighted by Crippen LogP contribution is -2.53. The topological polar surface area (TPSA) is 52.7 Å². The number of rotatable bonds is 4. The zero-order chi connectivity index (χ0) is 13.8. The molecular weight excluding hydrogens is 309 g/mol. The van der Waals surface area contributed by atoms with Gasteiger partial charge in [0.15, 0.2) is 0 Å². The van der Waals surface area contributed by atoms with Gasteiger partial charge in [0.1, 0.15) is 0 Å². The van der Waals surface area contributed by atoms with Crippen LogP contribution >= 0.6 is 24.8 Å². The third kappa shape index (κ3) is 6.41. The van der Waals surface area contributed by atoms with Crippen molar-refractivity contribution >= 4 is 30.5 Å². The Morgan fingerprint density at radius 1 is 1.33 bits per heavy atom. The molecule has 0 bridgehead atoms. The minimum Gasteiger partial charge on any atom is -0.399 e. The number of halogens is 2. The van der Waals surface area contributed by atoms with Crippen molar-refractivity contribution in [2.75, 3.05) is 31.9 Å². The van der Waals surface area contributed by atoms with Crippen LogP contribution < -0.4 is 5.73 Å². The summed E-state index contributed by atoms with van der Waals surface area (Å²) in [7, 11) is 0. The average Bonchev–Trinajstić information content (AvgIpc) is 2.32. The molecule has 0 amide bonds. The molecule has 1 saturated heterocycles. The van der Waals surface area contributed by atoms with E-state index in [1.807, 2.05) is 25.1 Å². The van der Waals surface area contributed by atoms with Crippen molar-refractivity contribution < 1.29 is 5.11 Å². The van der Waals surface area contributed by atoms with E-state index in [0.29, 0.717) is 6.04 Å². The van der Waals surface area contributed by atoms with Crippen LogP contribution in [0.25, 0.3) is 0 Å². The van der Waals surface area contributed by atoms with Crippen LogP contribution in [0.5, 0.6) is 0 Å². The Labute approximate surface area is 140 Å². The van der Waals surface area contributed by atoms with E-state index in [2.05, 4.69) is 22.8 Å². The third-order valence-electron chi connectivity index (χ3n) is 3.71. The van der Waals surface area contributed by atoms with E-state index in [9.17, 15) is 5.11 Å². The fraction of sp³-hybridized carbons (Fsp3) is 0.600. The second-order valence-electron chi connectivity index (χ2n) is 5.67. The second kappa shape index (κ2) is 9.49. The van der Waals surface area contributed by atoms with Crippen LogP contribution in [0.1, 0.15) is 19.4 Å². The average molecular weight is 336 g/mol. The van der Waals surface area contributed by atoms with E-state index in [1.54, 1.807) is 0 Å². The van der Waals surface area contributed by atoms with E-state index in [-0.39, 0.29) is 30.9 Å². The number of aliphatic hydroxyl groups excluding tert-OH is 1. The van der Waals surface area contributed by atoms with Crippen LogP contribution in [0.3, 0.4) is 0 Å². The van der Waals surface area contributed by atoms with Gasteiger partial charge in [0.05, 0.1) is 6.10 Å². The van der Waals surface area contributed by atoms with Gasteiger partial charge in [0, 0.05) is 44.5 Å². The molecule has 4 nitrogen and oxygen atoms in total. The number of nitrogen functional groups attached to an aromatic ring is 1. The molecular formula is C15H27Cl2N3O. The molecule has 6 heteroatoms. The number of anilines is 1. The van der Waals surface area contributed by atoms with Crippen molar-refractivity contribution in [3.63, 3.8) is 0 Å². The van der Waals surface area contributed by atoms with Gasteiger partial charge >= 0.3 is 0 Å². The predicted octanol–water partition coefficient (Wildman–Crippen LogP) is 2.00. The normalized spacial score (nSPS) is 21.2. The molecule has 0 spiro atoms. The second-order valence-corrected chi connectivity index (χ2v) is 5.67. The van der Waals surface area contributed by atoms with Crippen LogP contribution in [-0.2, 0) is 6.54 Å². The summed E-state index contributed by atoms with van der Waals surface area (Å²) in [4.78, 5) is 4.82. The molecule has 1 aliphatic heterocycles. The maximum absolute atomic E-state index is 9.48. The van der Waals surface area contributed by atoms with Crippen LogP contribution in [0.2, 0.25) is 0 Å². The Kier molecular flexibility index (Phi) is 9.25. The van der Waals surface area contributed by atoms with E-state index >= 15 is 0 Å². The molecule has 2 atom stereocenters. The first-order chi connectivity index (χ1) is 9.04. The summed E-state index contributed by atoms with van der Waals surface area (Å²) in [6, 6.07) is 8.60. The lowest BCUT2D eigenvalue weighted by Gasteiger charge is -2.40. The Balaban J connectivity index is 0.00000200. The van der Waals surface area contributed by atoms with Crippen molar-refractivity contribution in [1.29, 1.82) is 0 Å². The van der Waals surface area contributed by atoms with Crippen molar-refractivity contribution in [2.24, 2.45) is 0 Å². The molecule has 0 aromatic heterocycles. The fourth-order valence-electron chi connectivity index (χ4n) is 2.77. The SMILES string of the molecule is CC(O)CN1CCN(Cc2cccc(N)c2)CC1C.Cl.Cl. The van der Waals surface area contributed by atoms with Crippen molar-refractivity contribution in [2.45, 2.75) is 32.5 Å². The summed E-state index contributed by atoms with van der Waals surface area (Å²) in [5.74, 6) is 0. The molecule has 0 saturated carbocycles. The molecule has 0 radical (unpaired) electrons. The Morgan fingerprint density at radius 3 is 2.62 bits per heavy atom. The Morgan fingerprint density at radius 2 is 2.05 bits per heavy atom. The van der Waals surface area contributed by atoms with Crippen LogP contribution in [-0.4, -0.2) is 53.2 Å². The summed E-state index contributed by atoms with van der Waals surface area (Å²) in [6.45, 7) is 8.92. The van der Waals surface area contributed by atoms with E-state index in [4.69, 9.17) is 5.73 Å². The molecule has 1 aromatic rings. The number of hydrogen-bond acceptors (Lipinski definition) is 4. The number of β-amino-alcohol motifs (C(OH)–C–C–N with tert-alkyl or cyclic N) is 1. The van der Waals surface area contributed by atoms with Gasteiger partial charge in [0.2, 0.25) is 0 Å². The fourth-order valence-corrected chi connectivity index (χ4v) is 2.77. The highest BCUT2D eigenvalue weighted by molar-refractivity contribution is 5.85. The number of nitrogens with zero attached hydrogens (tertiary/aromatic N) is 2. The Bertz CT molecular complexity index is 418. The van der Waals surface area contributed by atoms with Gasteiger partial charge in [0.25, 0.3) is 0 Å². The van der Waals surface area contributed by atoms with Gasteiger partial charge in [-0.05, 0) is 31.5 Å². The molecule has 3 N–H and O–H groups in total. The van der Waals surface area contributed by atoms with Gasteiger partial charge in [-0.25, -0.2) is 0 Å². The summed E-state index contributed by atoms with van der Waals surface area (Å²) in [5.41, 5.74) is 7.92. The molecule has 21 heavy (non-hydrogen) atoms. The van der Waals surface area contributed by atoms with E-state index in [0.717, 1.165) is 38.4 Å². The van der Waals surface area contributed by atoms with Gasteiger partial charge in [-0.15, -0.1) is 24.8 Å². The van der Waals surface area contributed by atoms with Crippen molar-refractivity contribution in [3.05, 3.63) is 29.8 Å². The molecule has 1 heterocycles. The molecule has 2 rings (SSSR count). The summed E-state index contributed by atoms with van der Waals surface area (Å²) in [5, 5.41) is 9.48. The lowest BCUT2D eigenvalue weighted by atomic mass is 10.1. The third-order valence-corrected chi connectivity index (χ3v) is 3.71. The van der Waals surface area contributed by atoms with Gasteiger partial charge in [-0.2, -0.15) is 0 Å². The highest BCUT2D eigenvalue weighted by atomic mass is 35.5. The number of piperazine rings is 1. The molecule has 122 valence electrons. The summed E-state index contributed by atoms with van der Waals surface area (Å²) >= 11 is 0. The predicted molar refractivity (Wildman–Crippen MR) is 93.3 cm³/mol. The molecule has 1 fully saturated rings. The number of benzene rings is 1. The molecule has 0 aliphatic carbocycles. The molecule has 2 unspecified atom stereocenters. The summed E-state index contributed by atoms with van der Waals surface area (Å²) in [6.07, 6.45) is -0.247. The minimum atomic E-state index is -0.247. The maximum atomic E-state index is 9.48. The smallest absolute Gasteiger partial charge is 0.0639 e. The number of nitrogens with two attached hydrogens (primary N) is 1. The van der Waals surface area contributed by atoms with Gasteiger partial charge in [-0.1, -0.05) is 12.1 Å². The number of aliphatic hydroxyl groups is 1. The van der Waals surface area contributed by atoms with Gasteiger partial charge < -0.3 is 10.8 Å². The number of hydrogen-bond donors (Lipinski definition) is 2. The van der Waals surface area contributed by atoms with E-state index < -0.39 is 0 Å². The first-order valence-corrected chi connectivity index (χ1v) is 7.03. The first kappa shape index (κ1) is 20.5. The lowest BCUT2D eigenvalue weighted by molar-refractivity contribution is 0.0423. The highest BCUT2D eigenvalue weighted by Gasteiger charge is 2.24. The van der Waals surface area contributed by atoms with Crippen LogP contribution in [0.15, 0.2) is 24.3 Å². The quantitative estimate of drug-likeness (QED) is 0.826. The monoisotopic (exact) mass is 335 g/mol. The maximum Gasteiger partial charge on any atom is 0.0639 e. The van der Waals surface area contributed by atoms with Crippen molar-refractivity contribution in [1.82, 2.24) is 9.80 Å². The first-order valence-electron chi connectivity index (χ1n) is 7.03. The molecule has 1 aliphatic rings. The van der Waals surface area contributed by atoms with Crippen LogP contribution in [0.4, 0.5) is 5.69 Å². The molecule has 1 aromatic carbocycles. The summed E-state index contributed by atoms with van der Waals surface area (Å²) < 4.78 is 0. The van der Waals surface area contributed by atoms with Crippen LogP contribution in [0, 0.1) is 0 Å². The zero-order valence-electron chi connectivity index (χ0n) is 12.7. The minimum absolute atomic E-state index is 0. The Hall–Kier alpha value is -0.520.